The lowest BCUT2D eigenvalue weighted by molar-refractivity contribution is -0.137. The van der Waals surface area contributed by atoms with Crippen molar-refractivity contribution in [3.8, 4) is 11.5 Å². The molecular weight excluding hydrogens is 526 g/mol. The van der Waals surface area contributed by atoms with E-state index in [2.05, 4.69) is 10.1 Å². The van der Waals surface area contributed by atoms with Crippen molar-refractivity contribution in [3.05, 3.63) is 64.3 Å². The van der Waals surface area contributed by atoms with Crippen molar-refractivity contribution in [1.29, 1.82) is 0 Å². The molecule has 2 aromatic carbocycles. The molecule has 10 nitrogen and oxygen atoms in total. The third-order valence-corrected chi connectivity index (χ3v) is 6.42. The highest BCUT2D eigenvalue weighted by Crippen LogP contribution is 2.45. The van der Waals surface area contributed by atoms with E-state index in [1.54, 1.807) is 37.3 Å². The van der Waals surface area contributed by atoms with Crippen LogP contribution in [0.4, 0.5) is 5.69 Å². The number of benzene rings is 2. The van der Waals surface area contributed by atoms with Crippen molar-refractivity contribution in [2.24, 2.45) is 5.41 Å². The van der Waals surface area contributed by atoms with Crippen LogP contribution in [0.3, 0.4) is 0 Å². The van der Waals surface area contributed by atoms with Crippen LogP contribution in [0, 0.1) is 5.41 Å². The number of carbonyl (C=O) groups excluding carboxylic acids is 1. The molecule has 0 unspecified atom stereocenters. The van der Waals surface area contributed by atoms with Crippen LogP contribution in [-0.2, 0) is 27.2 Å². The lowest BCUT2D eigenvalue weighted by atomic mass is 9.94. The molecule has 0 radical (unpaired) electrons. The van der Waals surface area contributed by atoms with Gasteiger partial charge < -0.3 is 28.7 Å². The molecule has 208 valence electrons. The second-order valence-electron chi connectivity index (χ2n) is 10.5. The van der Waals surface area contributed by atoms with E-state index in [-0.39, 0.29) is 42.3 Å². The maximum atomic E-state index is 14.1. The standard InChI is InChI=1S/C28H32ClN3O7/c1-28(2,3)15-32-19-10-9-16(29)13-18(19)25(17-7-6-8-20(36-4)26(17)37-5)38-21(27(32)35)14-22-30-23(39-31-22)11-12-24(33)34/h6-10,13,21,25H,11-12,14-15H2,1-5H3,(H,33,34)/t21-,25-/m1/s1. The van der Waals surface area contributed by atoms with Gasteiger partial charge in [0.25, 0.3) is 5.91 Å². The first kappa shape index (κ1) is 28.4. The Morgan fingerprint density at radius 3 is 2.59 bits per heavy atom. The van der Waals surface area contributed by atoms with Crippen molar-refractivity contribution in [1.82, 2.24) is 10.1 Å². The summed E-state index contributed by atoms with van der Waals surface area (Å²) in [5.74, 6) is 0.172. The fourth-order valence-corrected chi connectivity index (χ4v) is 4.74. The number of aliphatic carboxylic acids is 1. The van der Waals surface area contributed by atoms with Crippen LogP contribution in [0.1, 0.15) is 56.1 Å². The minimum atomic E-state index is -0.996. The van der Waals surface area contributed by atoms with Gasteiger partial charge in [0.15, 0.2) is 17.3 Å². The number of nitrogens with zero attached hydrogens (tertiary/aromatic N) is 3. The Kier molecular flexibility index (Phi) is 8.46. The largest absolute Gasteiger partial charge is 0.493 e. The zero-order valence-corrected chi connectivity index (χ0v) is 23.3. The van der Waals surface area contributed by atoms with E-state index in [4.69, 9.17) is 35.4 Å². The fourth-order valence-electron chi connectivity index (χ4n) is 4.56. The van der Waals surface area contributed by atoms with Gasteiger partial charge in [0.1, 0.15) is 12.2 Å². The number of hydrogen-bond acceptors (Lipinski definition) is 8. The molecule has 1 aliphatic rings. The van der Waals surface area contributed by atoms with Crippen LogP contribution >= 0.6 is 11.6 Å². The minimum absolute atomic E-state index is 0.0144. The second kappa shape index (κ2) is 11.6. The molecule has 1 N–H and O–H groups in total. The molecule has 0 aliphatic carbocycles. The Bertz CT molecular complexity index is 1350. The summed E-state index contributed by atoms with van der Waals surface area (Å²) in [4.78, 5) is 31.1. The number of carboxylic acids is 1. The van der Waals surface area contributed by atoms with Crippen molar-refractivity contribution in [2.75, 3.05) is 25.7 Å². The van der Waals surface area contributed by atoms with E-state index in [1.165, 1.54) is 0 Å². The maximum absolute atomic E-state index is 14.1. The number of rotatable bonds is 9. The first-order chi connectivity index (χ1) is 18.5. The van der Waals surface area contributed by atoms with Crippen LogP contribution < -0.4 is 14.4 Å². The lowest BCUT2D eigenvalue weighted by Gasteiger charge is -2.31. The number of fused-ring (bicyclic) bond motifs is 1. The number of anilines is 1. The van der Waals surface area contributed by atoms with Crippen LogP contribution in [0.5, 0.6) is 11.5 Å². The Morgan fingerprint density at radius 2 is 1.92 bits per heavy atom. The van der Waals surface area contributed by atoms with Crippen LogP contribution in [0.25, 0.3) is 0 Å². The van der Waals surface area contributed by atoms with Gasteiger partial charge in [0.2, 0.25) is 5.89 Å². The van der Waals surface area contributed by atoms with Crippen LogP contribution in [-0.4, -0.2) is 54.0 Å². The second-order valence-corrected chi connectivity index (χ2v) is 10.9. The number of aryl methyl sites for hydroxylation is 1. The summed E-state index contributed by atoms with van der Waals surface area (Å²) in [5, 5.41) is 13.4. The Morgan fingerprint density at radius 1 is 1.15 bits per heavy atom. The molecule has 0 fully saturated rings. The molecule has 3 aromatic rings. The summed E-state index contributed by atoms with van der Waals surface area (Å²) in [6.07, 6.45) is -1.79. The summed E-state index contributed by atoms with van der Waals surface area (Å²) >= 11 is 6.46. The number of methoxy groups -OCH3 is 2. The van der Waals surface area contributed by atoms with E-state index >= 15 is 0 Å². The van der Waals surface area contributed by atoms with Crippen molar-refractivity contribution in [3.63, 3.8) is 0 Å². The summed E-state index contributed by atoms with van der Waals surface area (Å²) in [6.45, 7) is 6.56. The van der Waals surface area contributed by atoms with E-state index in [9.17, 15) is 9.59 Å². The molecule has 0 saturated heterocycles. The highest BCUT2D eigenvalue weighted by Gasteiger charge is 2.40. The molecule has 2 heterocycles. The van der Waals surface area contributed by atoms with Crippen molar-refractivity contribution in [2.45, 2.75) is 52.2 Å². The first-order valence-electron chi connectivity index (χ1n) is 12.5. The van der Waals surface area contributed by atoms with Gasteiger partial charge in [0, 0.05) is 41.2 Å². The molecule has 4 rings (SSSR count). The first-order valence-corrected chi connectivity index (χ1v) is 12.9. The molecule has 11 heteroatoms. The summed E-state index contributed by atoms with van der Waals surface area (Å²) in [5.41, 5.74) is 1.79. The number of amides is 1. The number of hydrogen-bond donors (Lipinski definition) is 1. The van der Waals surface area contributed by atoms with Gasteiger partial charge >= 0.3 is 5.97 Å². The predicted octanol–water partition coefficient (Wildman–Crippen LogP) is 4.87. The van der Waals surface area contributed by atoms with E-state index < -0.39 is 18.2 Å². The quantitative estimate of drug-likeness (QED) is 0.392. The zero-order chi connectivity index (χ0) is 28.3. The van der Waals surface area contributed by atoms with Crippen molar-refractivity contribution >= 4 is 29.2 Å². The van der Waals surface area contributed by atoms with Gasteiger partial charge in [-0.05, 0) is 29.7 Å². The Balaban J connectivity index is 1.82. The summed E-state index contributed by atoms with van der Waals surface area (Å²) in [6, 6.07) is 10.8. The highest BCUT2D eigenvalue weighted by molar-refractivity contribution is 6.30. The minimum Gasteiger partial charge on any atom is -0.493 e. The number of halogens is 1. The maximum Gasteiger partial charge on any atom is 0.303 e. The third kappa shape index (κ3) is 6.51. The van der Waals surface area contributed by atoms with E-state index in [0.29, 0.717) is 39.9 Å². The van der Waals surface area contributed by atoms with Gasteiger partial charge in [-0.3, -0.25) is 9.59 Å². The third-order valence-electron chi connectivity index (χ3n) is 6.18. The number of aromatic nitrogens is 2. The van der Waals surface area contributed by atoms with Gasteiger partial charge in [-0.1, -0.05) is 49.7 Å². The summed E-state index contributed by atoms with van der Waals surface area (Å²) in [7, 11) is 3.10. The van der Waals surface area contributed by atoms with Crippen LogP contribution in [0.15, 0.2) is 40.9 Å². The van der Waals surface area contributed by atoms with E-state index in [0.717, 1.165) is 0 Å². The molecule has 0 bridgehead atoms. The number of para-hydroxylation sites is 1. The Labute approximate surface area is 231 Å². The molecule has 1 amide bonds. The lowest BCUT2D eigenvalue weighted by Crippen LogP contribution is -2.44. The molecule has 0 saturated carbocycles. The SMILES string of the molecule is COc1cccc([C@H]2O[C@H](Cc3noc(CCC(=O)O)n3)C(=O)N(CC(C)(C)C)c3ccc(Cl)cc32)c1OC. The zero-order valence-electron chi connectivity index (χ0n) is 22.6. The van der Waals surface area contributed by atoms with Gasteiger partial charge in [-0.2, -0.15) is 4.98 Å². The van der Waals surface area contributed by atoms with Gasteiger partial charge in [-0.15, -0.1) is 0 Å². The Hall–Kier alpha value is -3.63. The van der Waals surface area contributed by atoms with Crippen molar-refractivity contribution < 1.29 is 33.4 Å². The number of ether oxygens (including phenoxy) is 3. The molecule has 0 spiro atoms. The fraction of sp³-hybridized carbons (Fsp3) is 0.429. The molecule has 2 atom stereocenters. The molecule has 1 aliphatic heterocycles. The average molecular weight is 558 g/mol. The predicted molar refractivity (Wildman–Crippen MR) is 143 cm³/mol. The summed E-state index contributed by atoms with van der Waals surface area (Å²) < 4.78 is 23.1. The molecular formula is C28H32ClN3O7. The van der Waals surface area contributed by atoms with E-state index in [1.807, 2.05) is 39.0 Å². The average Bonchev–Trinajstić information content (AvgIpc) is 3.30. The number of carboxylic acid groups (broad SMARTS) is 1. The topological polar surface area (TPSA) is 124 Å². The highest BCUT2D eigenvalue weighted by atomic mass is 35.5. The molecule has 39 heavy (non-hydrogen) atoms. The normalized spacial score (nSPS) is 17.5. The van der Waals surface area contributed by atoms with Gasteiger partial charge in [0.05, 0.1) is 20.6 Å². The molecule has 1 aromatic heterocycles. The smallest absolute Gasteiger partial charge is 0.303 e. The monoisotopic (exact) mass is 557 g/mol. The van der Waals surface area contributed by atoms with Crippen LogP contribution in [0.2, 0.25) is 5.02 Å². The number of carbonyl (C=O) groups is 2. The van der Waals surface area contributed by atoms with Gasteiger partial charge in [-0.25, -0.2) is 0 Å².